The minimum atomic E-state index is -0.129. The number of hydrogen-bond donors (Lipinski definition) is 0. The summed E-state index contributed by atoms with van der Waals surface area (Å²) in [6.07, 6.45) is 3.56. The summed E-state index contributed by atoms with van der Waals surface area (Å²) in [7, 11) is 0. The molecule has 2 heterocycles. The summed E-state index contributed by atoms with van der Waals surface area (Å²) in [5.41, 5.74) is 3.59. The van der Waals surface area contributed by atoms with Gasteiger partial charge in [-0.05, 0) is 13.0 Å². The Labute approximate surface area is 151 Å². The molecule has 1 amide bonds. The number of carbonyl (C=O) groups excluding carboxylic acids is 2. The van der Waals surface area contributed by atoms with Crippen LogP contribution in [0.4, 0.5) is 0 Å². The lowest BCUT2D eigenvalue weighted by Gasteiger charge is -2.28. The van der Waals surface area contributed by atoms with Crippen molar-refractivity contribution in [3.8, 4) is 0 Å². The third-order valence-electron chi connectivity index (χ3n) is 4.77. The van der Waals surface area contributed by atoms with Gasteiger partial charge in [-0.2, -0.15) is 0 Å². The zero-order chi connectivity index (χ0) is 18.1. The van der Waals surface area contributed by atoms with Crippen LogP contribution in [0.15, 0.2) is 61.1 Å². The van der Waals surface area contributed by atoms with Gasteiger partial charge in [-0.1, -0.05) is 48.0 Å². The van der Waals surface area contributed by atoms with E-state index in [1.54, 1.807) is 53.8 Å². The maximum absolute atomic E-state index is 13.1. The van der Waals surface area contributed by atoms with Gasteiger partial charge in [0.15, 0.2) is 5.78 Å². The van der Waals surface area contributed by atoms with Gasteiger partial charge in [0.05, 0.1) is 24.1 Å². The number of ketones is 1. The van der Waals surface area contributed by atoms with E-state index >= 15 is 0 Å². The second-order valence-electron chi connectivity index (χ2n) is 6.55. The van der Waals surface area contributed by atoms with E-state index in [1.807, 2.05) is 23.6 Å². The normalized spacial score (nSPS) is 13.3. The molecular weight excluding hydrogens is 326 g/mol. The number of benzene rings is 2. The van der Waals surface area contributed by atoms with Crippen molar-refractivity contribution in [1.29, 1.82) is 0 Å². The van der Waals surface area contributed by atoms with E-state index in [1.165, 1.54) is 0 Å². The summed E-state index contributed by atoms with van der Waals surface area (Å²) in [4.78, 5) is 31.9. The Morgan fingerprint density at radius 3 is 2.46 bits per heavy atom. The standard InChI is InChI=1S/C21H19N3O2/c1-15-6-8-16(9-7-15)20(25)18-4-2-3-5-19(18)21(26)23-10-11-24-14-22-12-17(24)13-23/h2-9,12,14H,10-11,13H2,1H3. The lowest BCUT2D eigenvalue weighted by atomic mass is 9.97. The van der Waals surface area contributed by atoms with Crippen molar-refractivity contribution in [2.45, 2.75) is 20.0 Å². The highest BCUT2D eigenvalue weighted by Gasteiger charge is 2.25. The third-order valence-corrected chi connectivity index (χ3v) is 4.77. The van der Waals surface area contributed by atoms with E-state index in [-0.39, 0.29) is 11.7 Å². The molecule has 1 aliphatic rings. The van der Waals surface area contributed by atoms with Crippen LogP contribution in [0.1, 0.15) is 37.5 Å². The highest BCUT2D eigenvalue weighted by Crippen LogP contribution is 2.20. The number of fused-ring (bicyclic) bond motifs is 1. The summed E-state index contributed by atoms with van der Waals surface area (Å²) in [6, 6.07) is 14.5. The molecule has 1 aromatic heterocycles. The number of rotatable bonds is 3. The van der Waals surface area contributed by atoms with Crippen molar-refractivity contribution in [3.63, 3.8) is 0 Å². The van der Waals surface area contributed by atoms with Gasteiger partial charge >= 0.3 is 0 Å². The number of carbonyl (C=O) groups is 2. The maximum Gasteiger partial charge on any atom is 0.255 e. The highest BCUT2D eigenvalue weighted by molar-refractivity contribution is 6.15. The second kappa shape index (κ2) is 6.59. The first kappa shape index (κ1) is 16.3. The van der Waals surface area contributed by atoms with Gasteiger partial charge in [0, 0.05) is 30.4 Å². The summed E-state index contributed by atoms with van der Waals surface area (Å²) >= 11 is 0. The van der Waals surface area contributed by atoms with Crippen LogP contribution < -0.4 is 0 Å². The monoisotopic (exact) mass is 345 g/mol. The number of imidazole rings is 1. The number of hydrogen-bond acceptors (Lipinski definition) is 3. The zero-order valence-electron chi connectivity index (χ0n) is 14.6. The van der Waals surface area contributed by atoms with Crippen LogP contribution in [0.2, 0.25) is 0 Å². The summed E-state index contributed by atoms with van der Waals surface area (Å²) in [5, 5.41) is 0. The Morgan fingerprint density at radius 2 is 1.69 bits per heavy atom. The van der Waals surface area contributed by atoms with Crippen LogP contribution in [0.5, 0.6) is 0 Å². The molecule has 3 aromatic rings. The average molecular weight is 345 g/mol. The molecule has 5 nitrogen and oxygen atoms in total. The first-order chi connectivity index (χ1) is 12.6. The van der Waals surface area contributed by atoms with Gasteiger partial charge in [0.1, 0.15) is 0 Å². The molecule has 0 saturated carbocycles. The number of aromatic nitrogens is 2. The Balaban J connectivity index is 1.64. The molecule has 130 valence electrons. The van der Waals surface area contributed by atoms with Gasteiger partial charge < -0.3 is 9.47 Å². The predicted octanol–water partition coefficient (Wildman–Crippen LogP) is 3.08. The van der Waals surface area contributed by atoms with E-state index in [9.17, 15) is 9.59 Å². The average Bonchev–Trinajstić information content (AvgIpc) is 3.15. The minimum Gasteiger partial charge on any atom is -0.331 e. The van der Waals surface area contributed by atoms with Gasteiger partial charge in [-0.15, -0.1) is 0 Å². The summed E-state index contributed by atoms with van der Waals surface area (Å²) in [6.45, 7) is 3.81. The predicted molar refractivity (Wildman–Crippen MR) is 98.0 cm³/mol. The molecule has 0 radical (unpaired) electrons. The summed E-state index contributed by atoms with van der Waals surface area (Å²) in [5.74, 6) is -0.246. The van der Waals surface area contributed by atoms with Crippen LogP contribution in [-0.4, -0.2) is 32.7 Å². The van der Waals surface area contributed by atoms with Crippen LogP contribution in [0.3, 0.4) is 0 Å². The Kier molecular flexibility index (Phi) is 4.13. The largest absolute Gasteiger partial charge is 0.331 e. The van der Waals surface area contributed by atoms with Crippen LogP contribution >= 0.6 is 0 Å². The topological polar surface area (TPSA) is 55.2 Å². The fourth-order valence-corrected chi connectivity index (χ4v) is 3.26. The molecule has 0 bridgehead atoms. The van der Waals surface area contributed by atoms with E-state index < -0.39 is 0 Å². The molecule has 0 saturated heterocycles. The minimum absolute atomic E-state index is 0.117. The molecule has 0 aliphatic carbocycles. The zero-order valence-corrected chi connectivity index (χ0v) is 14.6. The fraction of sp³-hybridized carbons (Fsp3) is 0.190. The van der Waals surface area contributed by atoms with Gasteiger partial charge in [0.25, 0.3) is 5.91 Å². The highest BCUT2D eigenvalue weighted by atomic mass is 16.2. The van der Waals surface area contributed by atoms with Crippen LogP contribution in [-0.2, 0) is 13.1 Å². The van der Waals surface area contributed by atoms with Crippen molar-refractivity contribution in [2.24, 2.45) is 0 Å². The maximum atomic E-state index is 13.1. The smallest absolute Gasteiger partial charge is 0.255 e. The Bertz CT molecular complexity index is 973. The first-order valence-electron chi connectivity index (χ1n) is 8.62. The number of amides is 1. The summed E-state index contributed by atoms with van der Waals surface area (Å²) < 4.78 is 2.05. The quantitative estimate of drug-likeness (QED) is 0.686. The molecule has 4 rings (SSSR count). The van der Waals surface area contributed by atoms with Crippen LogP contribution in [0.25, 0.3) is 0 Å². The Morgan fingerprint density at radius 1 is 0.962 bits per heavy atom. The molecule has 0 atom stereocenters. The van der Waals surface area contributed by atoms with Crippen molar-refractivity contribution >= 4 is 11.7 Å². The molecule has 0 unspecified atom stereocenters. The van der Waals surface area contributed by atoms with E-state index in [0.29, 0.717) is 29.8 Å². The molecule has 5 heteroatoms. The van der Waals surface area contributed by atoms with E-state index in [2.05, 4.69) is 4.98 Å². The van der Waals surface area contributed by atoms with Crippen molar-refractivity contribution in [3.05, 3.63) is 89.0 Å². The second-order valence-corrected chi connectivity index (χ2v) is 6.55. The van der Waals surface area contributed by atoms with Gasteiger partial charge in [0.2, 0.25) is 0 Å². The molecular formula is C21H19N3O2. The lowest BCUT2D eigenvalue weighted by Crippen LogP contribution is -2.38. The third kappa shape index (κ3) is 2.92. The van der Waals surface area contributed by atoms with E-state index in [4.69, 9.17) is 0 Å². The molecule has 26 heavy (non-hydrogen) atoms. The molecule has 0 N–H and O–H groups in total. The van der Waals surface area contributed by atoms with Crippen molar-refractivity contribution < 1.29 is 9.59 Å². The number of aryl methyl sites for hydroxylation is 1. The molecule has 0 fully saturated rings. The van der Waals surface area contributed by atoms with Gasteiger partial charge in [-0.25, -0.2) is 4.98 Å². The molecule has 0 spiro atoms. The Hall–Kier alpha value is -3.21. The van der Waals surface area contributed by atoms with Crippen molar-refractivity contribution in [1.82, 2.24) is 14.5 Å². The van der Waals surface area contributed by atoms with Crippen molar-refractivity contribution in [2.75, 3.05) is 6.54 Å². The SMILES string of the molecule is Cc1ccc(C(=O)c2ccccc2C(=O)N2CCn3cncc3C2)cc1. The molecule has 2 aromatic carbocycles. The van der Waals surface area contributed by atoms with Crippen LogP contribution in [0, 0.1) is 6.92 Å². The first-order valence-corrected chi connectivity index (χ1v) is 8.62. The van der Waals surface area contributed by atoms with Gasteiger partial charge in [-0.3, -0.25) is 9.59 Å². The number of nitrogens with zero attached hydrogens (tertiary/aromatic N) is 3. The molecule has 1 aliphatic heterocycles. The lowest BCUT2D eigenvalue weighted by molar-refractivity contribution is 0.0707. The fourth-order valence-electron chi connectivity index (χ4n) is 3.26. The van der Waals surface area contributed by atoms with E-state index in [0.717, 1.165) is 17.8 Å².